The predicted molar refractivity (Wildman–Crippen MR) is 86.8 cm³/mol. The van der Waals surface area contributed by atoms with Crippen LogP contribution in [0.2, 0.25) is 10.0 Å². The number of carbonyl (C=O) groups is 1. The first-order valence-electron chi connectivity index (χ1n) is 6.49. The van der Waals surface area contributed by atoms with E-state index in [9.17, 15) is 9.90 Å². The van der Waals surface area contributed by atoms with Gasteiger partial charge in [0.1, 0.15) is 0 Å². The number of aromatic carboxylic acids is 1. The Hall–Kier alpha value is -1.71. The molecule has 0 unspecified atom stereocenters. The topological polar surface area (TPSA) is 49.3 Å². The molecule has 0 radical (unpaired) electrons. The van der Waals surface area contributed by atoms with Gasteiger partial charge in [-0.05, 0) is 42.7 Å². The number of rotatable bonds is 5. The van der Waals surface area contributed by atoms with Gasteiger partial charge in [-0.3, -0.25) is 0 Å². The predicted octanol–water partition coefficient (Wildman–Crippen LogP) is 4.65. The van der Waals surface area contributed by atoms with Crippen molar-refractivity contribution in [3.63, 3.8) is 0 Å². The Morgan fingerprint density at radius 3 is 2.67 bits per heavy atom. The fraction of sp³-hybridized carbons (Fsp3) is 0.188. The van der Waals surface area contributed by atoms with Crippen LogP contribution in [0.3, 0.4) is 0 Å². The van der Waals surface area contributed by atoms with Crippen LogP contribution in [0.1, 0.15) is 21.5 Å². The molecule has 2 aromatic carbocycles. The fourth-order valence-electron chi connectivity index (χ4n) is 2.13. The number of para-hydroxylation sites is 1. The van der Waals surface area contributed by atoms with Crippen molar-refractivity contribution in [2.75, 3.05) is 11.9 Å². The zero-order valence-electron chi connectivity index (χ0n) is 11.5. The second-order valence-corrected chi connectivity index (χ2v) is 5.56. The van der Waals surface area contributed by atoms with E-state index in [4.69, 9.17) is 23.2 Å². The van der Waals surface area contributed by atoms with Gasteiger partial charge in [-0.25, -0.2) is 4.79 Å². The van der Waals surface area contributed by atoms with E-state index in [1.165, 1.54) is 0 Å². The van der Waals surface area contributed by atoms with Crippen molar-refractivity contribution in [3.05, 3.63) is 63.1 Å². The highest BCUT2D eigenvalue weighted by molar-refractivity contribution is 6.35. The number of hydrogen-bond donors (Lipinski definition) is 2. The Balaban J connectivity index is 2.09. The number of carboxylic acid groups (broad SMARTS) is 1. The molecule has 21 heavy (non-hydrogen) atoms. The third kappa shape index (κ3) is 3.90. The molecule has 0 fully saturated rings. The molecule has 0 atom stereocenters. The second kappa shape index (κ2) is 6.83. The van der Waals surface area contributed by atoms with Gasteiger partial charge >= 0.3 is 5.97 Å². The highest BCUT2D eigenvalue weighted by atomic mass is 35.5. The number of hydrogen-bond acceptors (Lipinski definition) is 2. The van der Waals surface area contributed by atoms with E-state index in [0.29, 0.717) is 28.7 Å². The summed E-state index contributed by atoms with van der Waals surface area (Å²) in [6.45, 7) is 2.47. The number of carboxylic acids is 1. The van der Waals surface area contributed by atoms with Crippen LogP contribution in [0.4, 0.5) is 5.69 Å². The molecule has 0 spiro atoms. The van der Waals surface area contributed by atoms with Gasteiger partial charge < -0.3 is 10.4 Å². The van der Waals surface area contributed by atoms with Crippen LogP contribution in [-0.4, -0.2) is 17.6 Å². The third-order valence-electron chi connectivity index (χ3n) is 3.21. The Morgan fingerprint density at radius 1 is 1.24 bits per heavy atom. The maximum atomic E-state index is 11.2. The number of benzene rings is 2. The molecule has 0 aliphatic carbocycles. The molecule has 0 saturated heterocycles. The molecule has 2 aromatic rings. The molecule has 2 N–H and O–H groups in total. The summed E-state index contributed by atoms with van der Waals surface area (Å²) in [6, 6.07) is 10.6. The SMILES string of the molecule is Cc1cccc(C(=O)O)c1NCCc1ccc(Cl)cc1Cl. The molecule has 0 saturated carbocycles. The Kier molecular flexibility index (Phi) is 5.10. The quantitative estimate of drug-likeness (QED) is 0.841. The van der Waals surface area contributed by atoms with E-state index >= 15 is 0 Å². The molecular weight excluding hydrogens is 309 g/mol. The lowest BCUT2D eigenvalue weighted by Gasteiger charge is -2.13. The standard InChI is InChI=1S/C16H15Cl2NO2/c1-10-3-2-4-13(16(20)21)15(10)19-8-7-11-5-6-12(17)9-14(11)18/h2-6,9,19H,7-8H2,1H3,(H,20,21). The van der Waals surface area contributed by atoms with E-state index in [1.54, 1.807) is 24.3 Å². The van der Waals surface area contributed by atoms with Gasteiger partial charge in [0.15, 0.2) is 0 Å². The van der Waals surface area contributed by atoms with Crippen LogP contribution in [-0.2, 0) is 6.42 Å². The van der Waals surface area contributed by atoms with Gasteiger partial charge in [-0.2, -0.15) is 0 Å². The molecule has 0 bridgehead atoms. The van der Waals surface area contributed by atoms with E-state index in [0.717, 1.165) is 11.1 Å². The zero-order chi connectivity index (χ0) is 15.4. The molecule has 0 aliphatic heterocycles. The van der Waals surface area contributed by atoms with Crippen LogP contribution in [0, 0.1) is 6.92 Å². The van der Waals surface area contributed by atoms with Gasteiger partial charge in [0.25, 0.3) is 0 Å². The maximum absolute atomic E-state index is 11.2. The highest BCUT2D eigenvalue weighted by Gasteiger charge is 2.11. The molecule has 0 heterocycles. The largest absolute Gasteiger partial charge is 0.478 e. The minimum absolute atomic E-state index is 0.275. The van der Waals surface area contributed by atoms with Crippen LogP contribution in [0.25, 0.3) is 0 Å². The van der Waals surface area contributed by atoms with Crippen molar-refractivity contribution >= 4 is 34.9 Å². The minimum Gasteiger partial charge on any atom is -0.478 e. The Bertz CT molecular complexity index is 671. The average molecular weight is 324 g/mol. The average Bonchev–Trinajstić information content (AvgIpc) is 2.42. The van der Waals surface area contributed by atoms with Crippen LogP contribution in [0.15, 0.2) is 36.4 Å². The first-order chi connectivity index (χ1) is 9.99. The van der Waals surface area contributed by atoms with Crippen molar-refractivity contribution in [1.29, 1.82) is 0 Å². The number of halogens is 2. The van der Waals surface area contributed by atoms with Crippen LogP contribution < -0.4 is 5.32 Å². The van der Waals surface area contributed by atoms with Crippen molar-refractivity contribution in [3.8, 4) is 0 Å². The highest BCUT2D eigenvalue weighted by Crippen LogP contribution is 2.23. The summed E-state index contributed by atoms with van der Waals surface area (Å²) in [5.74, 6) is -0.939. The second-order valence-electron chi connectivity index (χ2n) is 4.72. The maximum Gasteiger partial charge on any atom is 0.337 e. The van der Waals surface area contributed by atoms with Gasteiger partial charge in [0.2, 0.25) is 0 Å². The summed E-state index contributed by atoms with van der Waals surface area (Å²) in [6.07, 6.45) is 0.684. The van der Waals surface area contributed by atoms with E-state index in [1.807, 2.05) is 19.1 Å². The molecule has 3 nitrogen and oxygen atoms in total. The van der Waals surface area contributed by atoms with Crippen molar-refractivity contribution < 1.29 is 9.90 Å². The van der Waals surface area contributed by atoms with Crippen molar-refractivity contribution in [2.24, 2.45) is 0 Å². The molecule has 5 heteroatoms. The minimum atomic E-state index is -0.939. The summed E-state index contributed by atoms with van der Waals surface area (Å²) < 4.78 is 0. The number of anilines is 1. The fourth-order valence-corrected chi connectivity index (χ4v) is 2.63. The lowest BCUT2D eigenvalue weighted by Crippen LogP contribution is -2.11. The monoisotopic (exact) mass is 323 g/mol. The third-order valence-corrected chi connectivity index (χ3v) is 3.80. The van der Waals surface area contributed by atoms with Crippen molar-refractivity contribution in [1.82, 2.24) is 0 Å². The zero-order valence-corrected chi connectivity index (χ0v) is 13.0. The van der Waals surface area contributed by atoms with Crippen LogP contribution in [0.5, 0.6) is 0 Å². The summed E-state index contributed by atoms with van der Waals surface area (Å²) in [5, 5.41) is 13.6. The molecule has 110 valence electrons. The Labute approximate surface area is 133 Å². The lowest BCUT2D eigenvalue weighted by molar-refractivity contribution is 0.0698. The lowest BCUT2D eigenvalue weighted by atomic mass is 10.1. The van der Waals surface area contributed by atoms with E-state index < -0.39 is 5.97 Å². The number of aryl methyl sites for hydroxylation is 1. The van der Waals surface area contributed by atoms with Gasteiger partial charge in [-0.1, -0.05) is 41.4 Å². The summed E-state index contributed by atoms with van der Waals surface area (Å²) in [4.78, 5) is 11.2. The molecule has 0 aliphatic rings. The summed E-state index contributed by atoms with van der Waals surface area (Å²) in [7, 11) is 0. The first kappa shape index (κ1) is 15.7. The summed E-state index contributed by atoms with van der Waals surface area (Å²) in [5.41, 5.74) is 2.79. The van der Waals surface area contributed by atoms with Crippen LogP contribution >= 0.6 is 23.2 Å². The molecule has 0 amide bonds. The van der Waals surface area contributed by atoms with E-state index in [-0.39, 0.29) is 5.56 Å². The smallest absolute Gasteiger partial charge is 0.337 e. The Morgan fingerprint density at radius 2 is 2.00 bits per heavy atom. The number of nitrogens with one attached hydrogen (secondary N) is 1. The van der Waals surface area contributed by atoms with Gasteiger partial charge in [0.05, 0.1) is 11.3 Å². The molecular formula is C16H15Cl2NO2. The molecule has 2 rings (SSSR count). The van der Waals surface area contributed by atoms with E-state index in [2.05, 4.69) is 5.32 Å². The van der Waals surface area contributed by atoms with Gasteiger partial charge in [-0.15, -0.1) is 0 Å². The first-order valence-corrected chi connectivity index (χ1v) is 7.25. The van der Waals surface area contributed by atoms with Crippen molar-refractivity contribution in [2.45, 2.75) is 13.3 Å². The van der Waals surface area contributed by atoms with Gasteiger partial charge in [0, 0.05) is 16.6 Å². The summed E-state index contributed by atoms with van der Waals surface area (Å²) >= 11 is 12.0. The normalized spacial score (nSPS) is 10.4. The molecule has 0 aromatic heterocycles.